The minimum atomic E-state index is 0.661. The largest absolute Gasteiger partial charge is 0.394 e. The molecule has 3 nitrogen and oxygen atoms in total. The van der Waals surface area contributed by atoms with E-state index in [4.69, 9.17) is 4.84 Å². The summed E-state index contributed by atoms with van der Waals surface area (Å²) in [5, 5.41) is 7.07. The van der Waals surface area contributed by atoms with Crippen LogP contribution in [0.25, 0.3) is 10.8 Å². The van der Waals surface area contributed by atoms with E-state index in [-0.39, 0.29) is 0 Å². The Morgan fingerprint density at radius 1 is 1.05 bits per heavy atom. The van der Waals surface area contributed by atoms with Crippen LogP contribution >= 0.6 is 0 Å². The van der Waals surface area contributed by atoms with Crippen molar-refractivity contribution in [3.63, 3.8) is 0 Å². The first-order valence-corrected chi connectivity index (χ1v) is 8.25. The number of rotatable bonds is 6. The Morgan fingerprint density at radius 3 is 2.68 bits per heavy atom. The molecule has 1 aliphatic carbocycles. The van der Waals surface area contributed by atoms with Crippen LogP contribution in [0.2, 0.25) is 0 Å². The normalized spacial score (nSPS) is 15.7. The molecule has 0 aromatic heterocycles. The highest BCUT2D eigenvalue weighted by molar-refractivity contribution is 6.08. The summed E-state index contributed by atoms with van der Waals surface area (Å²) in [6, 6.07) is 13.0. The van der Waals surface area contributed by atoms with Gasteiger partial charge in [0.1, 0.15) is 6.61 Å². The smallest absolute Gasteiger partial charge is 0.129 e. The average Bonchev–Trinajstić information content (AvgIpc) is 2.98. The number of fused-ring (bicyclic) bond motifs is 3. The summed E-state index contributed by atoms with van der Waals surface area (Å²) in [5.74, 6) is 0. The Balaban J connectivity index is 1.71. The van der Waals surface area contributed by atoms with Gasteiger partial charge in [-0.3, -0.25) is 0 Å². The molecule has 0 saturated carbocycles. The second-order valence-corrected chi connectivity index (χ2v) is 5.71. The summed E-state index contributed by atoms with van der Waals surface area (Å²) < 4.78 is 0. The van der Waals surface area contributed by atoms with Crippen LogP contribution in [-0.4, -0.2) is 36.9 Å². The van der Waals surface area contributed by atoms with E-state index in [9.17, 15) is 0 Å². The molecule has 2 aromatic rings. The fourth-order valence-electron chi connectivity index (χ4n) is 3.18. The molecule has 0 aliphatic heterocycles. The zero-order valence-electron chi connectivity index (χ0n) is 13.5. The van der Waals surface area contributed by atoms with Crippen molar-refractivity contribution >= 4 is 16.5 Å². The molecule has 3 rings (SSSR count). The van der Waals surface area contributed by atoms with Gasteiger partial charge in [0.25, 0.3) is 0 Å². The summed E-state index contributed by atoms with van der Waals surface area (Å²) in [6.07, 6.45) is 2.05. The van der Waals surface area contributed by atoms with E-state index in [2.05, 4.69) is 60.3 Å². The fourth-order valence-corrected chi connectivity index (χ4v) is 3.18. The summed E-state index contributed by atoms with van der Waals surface area (Å²) in [6.45, 7) is 8.07. The van der Waals surface area contributed by atoms with E-state index in [1.54, 1.807) is 0 Å². The van der Waals surface area contributed by atoms with E-state index < -0.39 is 0 Å². The van der Waals surface area contributed by atoms with Gasteiger partial charge in [-0.05, 0) is 42.3 Å². The summed E-state index contributed by atoms with van der Waals surface area (Å²) >= 11 is 0. The lowest BCUT2D eigenvalue weighted by Crippen LogP contribution is -2.26. The molecule has 0 radical (unpaired) electrons. The molecule has 0 amide bonds. The third-order valence-electron chi connectivity index (χ3n) is 4.53. The highest BCUT2D eigenvalue weighted by Gasteiger charge is 2.20. The molecule has 22 heavy (non-hydrogen) atoms. The second kappa shape index (κ2) is 6.93. The van der Waals surface area contributed by atoms with Crippen LogP contribution in [0.1, 0.15) is 31.4 Å². The molecule has 1 aliphatic rings. The lowest BCUT2D eigenvalue weighted by molar-refractivity contribution is 0.114. The van der Waals surface area contributed by atoms with Gasteiger partial charge >= 0.3 is 0 Å². The van der Waals surface area contributed by atoms with Gasteiger partial charge in [0.05, 0.1) is 5.71 Å². The maximum atomic E-state index is 5.57. The van der Waals surface area contributed by atoms with Gasteiger partial charge in [0, 0.05) is 12.1 Å². The van der Waals surface area contributed by atoms with Crippen LogP contribution in [0, 0.1) is 0 Å². The van der Waals surface area contributed by atoms with Crippen LogP contribution in [0.3, 0.4) is 0 Å². The molecular formula is C19H24N2O. The van der Waals surface area contributed by atoms with Gasteiger partial charge in [0.2, 0.25) is 0 Å². The third-order valence-corrected chi connectivity index (χ3v) is 4.53. The SMILES string of the molecule is CCN(CC)CCON=C1CCc2c1ccc1ccccc21. The molecule has 0 saturated heterocycles. The molecule has 0 spiro atoms. The van der Waals surface area contributed by atoms with Crippen molar-refractivity contribution in [3.8, 4) is 0 Å². The third kappa shape index (κ3) is 3.00. The minimum Gasteiger partial charge on any atom is -0.394 e. The molecule has 0 bridgehead atoms. The lowest BCUT2D eigenvalue weighted by atomic mass is 10.0. The minimum absolute atomic E-state index is 0.661. The first-order valence-electron chi connectivity index (χ1n) is 8.25. The van der Waals surface area contributed by atoms with Crippen molar-refractivity contribution < 1.29 is 4.84 Å². The zero-order chi connectivity index (χ0) is 15.4. The average molecular weight is 296 g/mol. The van der Waals surface area contributed by atoms with Crippen LogP contribution in [-0.2, 0) is 11.3 Å². The first kappa shape index (κ1) is 15.0. The molecule has 0 unspecified atom stereocenters. The van der Waals surface area contributed by atoms with Crippen molar-refractivity contribution in [2.45, 2.75) is 26.7 Å². The number of nitrogens with zero attached hydrogens (tertiary/aromatic N) is 2. The van der Waals surface area contributed by atoms with Gasteiger partial charge in [-0.2, -0.15) is 0 Å². The van der Waals surface area contributed by atoms with Crippen molar-refractivity contribution in [3.05, 3.63) is 47.5 Å². The maximum absolute atomic E-state index is 5.57. The van der Waals surface area contributed by atoms with Crippen molar-refractivity contribution in [1.82, 2.24) is 4.90 Å². The molecule has 0 N–H and O–H groups in total. The standard InChI is InChI=1S/C19H24N2O/c1-3-21(4-2)13-14-22-20-19-12-11-17-16-8-6-5-7-15(16)9-10-18(17)19/h5-10H,3-4,11-14H2,1-2H3. The molecule has 0 heterocycles. The Labute approximate surface area is 132 Å². The van der Waals surface area contributed by atoms with Crippen molar-refractivity contribution in [2.24, 2.45) is 5.16 Å². The van der Waals surface area contributed by atoms with Gasteiger partial charge in [-0.25, -0.2) is 0 Å². The summed E-state index contributed by atoms with van der Waals surface area (Å²) in [7, 11) is 0. The number of hydrogen-bond donors (Lipinski definition) is 0. The van der Waals surface area contributed by atoms with E-state index in [0.29, 0.717) is 6.61 Å². The van der Waals surface area contributed by atoms with Gasteiger partial charge in [-0.15, -0.1) is 0 Å². The Bertz CT molecular complexity index is 674. The highest BCUT2D eigenvalue weighted by atomic mass is 16.6. The first-order chi connectivity index (χ1) is 10.8. The number of likely N-dealkylation sites (N-methyl/N-ethyl adjacent to an activating group) is 1. The second-order valence-electron chi connectivity index (χ2n) is 5.71. The Morgan fingerprint density at radius 2 is 1.86 bits per heavy atom. The summed E-state index contributed by atoms with van der Waals surface area (Å²) in [4.78, 5) is 7.91. The quantitative estimate of drug-likeness (QED) is 0.597. The molecule has 116 valence electrons. The van der Waals surface area contributed by atoms with Crippen LogP contribution in [0.4, 0.5) is 0 Å². The molecular weight excluding hydrogens is 272 g/mol. The lowest BCUT2D eigenvalue weighted by Gasteiger charge is -2.16. The highest BCUT2D eigenvalue weighted by Crippen LogP contribution is 2.30. The Kier molecular flexibility index (Phi) is 4.74. The molecule has 0 fully saturated rings. The molecule has 3 heteroatoms. The monoisotopic (exact) mass is 296 g/mol. The maximum Gasteiger partial charge on any atom is 0.129 e. The van der Waals surface area contributed by atoms with Crippen LogP contribution in [0.5, 0.6) is 0 Å². The molecule has 2 aromatic carbocycles. The molecule has 0 atom stereocenters. The Hall–Kier alpha value is -1.87. The van der Waals surface area contributed by atoms with Gasteiger partial charge in [-0.1, -0.05) is 55.4 Å². The predicted octanol–water partition coefficient (Wildman–Crippen LogP) is 3.85. The van der Waals surface area contributed by atoms with Gasteiger partial charge in [0.15, 0.2) is 0 Å². The van der Waals surface area contributed by atoms with Crippen molar-refractivity contribution in [1.29, 1.82) is 0 Å². The number of benzene rings is 2. The number of aryl methyl sites for hydroxylation is 1. The summed E-state index contributed by atoms with van der Waals surface area (Å²) in [5.41, 5.74) is 3.78. The fraction of sp³-hybridized carbons (Fsp3) is 0.421. The van der Waals surface area contributed by atoms with E-state index in [1.165, 1.54) is 21.9 Å². The van der Waals surface area contributed by atoms with E-state index in [0.717, 1.165) is 38.2 Å². The van der Waals surface area contributed by atoms with Crippen LogP contribution < -0.4 is 0 Å². The topological polar surface area (TPSA) is 24.8 Å². The number of oxime groups is 1. The van der Waals surface area contributed by atoms with Gasteiger partial charge < -0.3 is 9.74 Å². The zero-order valence-corrected chi connectivity index (χ0v) is 13.5. The predicted molar refractivity (Wildman–Crippen MR) is 92.5 cm³/mol. The van der Waals surface area contributed by atoms with Crippen molar-refractivity contribution in [2.75, 3.05) is 26.2 Å². The van der Waals surface area contributed by atoms with E-state index >= 15 is 0 Å². The van der Waals surface area contributed by atoms with E-state index in [1.807, 2.05) is 0 Å². The van der Waals surface area contributed by atoms with Crippen LogP contribution in [0.15, 0.2) is 41.6 Å². The number of hydrogen-bond acceptors (Lipinski definition) is 3.